The van der Waals surface area contributed by atoms with Crippen LogP contribution in [-0.4, -0.2) is 125 Å². The Hall–Kier alpha value is -7.80. The highest BCUT2D eigenvalue weighted by Crippen LogP contribution is 2.60. The molecule has 2 saturated carbocycles. The Morgan fingerprint density at radius 3 is 1.68 bits per heavy atom. The second-order valence-corrected chi connectivity index (χ2v) is 27.3. The SMILES string of the molecule is CC(NC(=O)C(NC(=O)CCOCCOCCOCCOCCNC(=O)CCC(=O)N1Cc2ccccc2C#Cc2ccccc21)C(C)C)C(=O)Nc1ccc2c(c1)C1(C)CCCC(C)(C(=O)NC(=O)C3(C)CCCC4(C)c5cc(NC(=O)CN)ccc5CCC34)C1CC2. The van der Waals surface area contributed by atoms with Gasteiger partial charge in [0.25, 0.3) is 0 Å². The largest absolute Gasteiger partial charge is 0.379 e. The molecule has 0 spiro atoms. The van der Waals surface area contributed by atoms with E-state index in [1.807, 2.05) is 100 Å². The van der Waals surface area contributed by atoms with E-state index in [0.717, 1.165) is 90.4 Å². The van der Waals surface area contributed by atoms with E-state index in [2.05, 4.69) is 69.7 Å². The number of benzene rings is 4. The normalized spacial score (nSPS) is 23.0. The van der Waals surface area contributed by atoms with Crippen LogP contribution >= 0.6 is 0 Å². The number of nitrogens with two attached hydrogens (primary N) is 1. The fourth-order valence-corrected chi connectivity index (χ4v) is 15.5. The zero-order valence-electron chi connectivity index (χ0n) is 55.9. The average Bonchev–Trinajstić information content (AvgIpc) is 0.727. The summed E-state index contributed by atoms with van der Waals surface area (Å²) < 4.78 is 22.4. The molecule has 8 unspecified atom stereocenters. The van der Waals surface area contributed by atoms with Crippen LogP contribution in [0.3, 0.4) is 0 Å². The maximum Gasteiger partial charge on any atom is 0.246 e. The summed E-state index contributed by atoms with van der Waals surface area (Å²) in [5, 5.41) is 17.4. The minimum atomic E-state index is -0.945. The average molecular weight is 1290 g/mol. The highest BCUT2D eigenvalue weighted by molar-refractivity contribution is 6.02. The van der Waals surface area contributed by atoms with Gasteiger partial charge in [-0.15, -0.1) is 0 Å². The van der Waals surface area contributed by atoms with E-state index in [-0.39, 0.29) is 111 Å². The number of hydrogen-bond donors (Lipinski definition) is 7. The van der Waals surface area contributed by atoms with Crippen molar-refractivity contribution in [1.29, 1.82) is 0 Å². The number of rotatable bonds is 28. The Labute approximate surface area is 553 Å². The van der Waals surface area contributed by atoms with E-state index in [4.69, 9.17) is 24.7 Å². The number of nitrogens with one attached hydrogen (secondary N) is 6. The van der Waals surface area contributed by atoms with Gasteiger partial charge in [-0.3, -0.25) is 43.7 Å². The first-order valence-corrected chi connectivity index (χ1v) is 33.7. The molecule has 1 aliphatic heterocycles. The summed E-state index contributed by atoms with van der Waals surface area (Å²) in [5.41, 5.74) is 12.4. The summed E-state index contributed by atoms with van der Waals surface area (Å²) in [7, 11) is 0. The molecule has 504 valence electrons. The van der Waals surface area contributed by atoms with E-state index in [1.54, 1.807) is 11.8 Å². The molecule has 8 atom stereocenters. The molecule has 8 N–H and O–H groups in total. The molecule has 4 aliphatic carbocycles. The monoisotopic (exact) mass is 1290 g/mol. The Morgan fingerprint density at radius 1 is 0.564 bits per heavy atom. The topological polar surface area (TPSA) is 275 Å². The number of carbonyl (C=O) groups is 8. The van der Waals surface area contributed by atoms with Crippen LogP contribution in [0.4, 0.5) is 17.1 Å². The van der Waals surface area contributed by atoms with E-state index in [9.17, 15) is 38.4 Å². The lowest BCUT2D eigenvalue weighted by Gasteiger charge is -2.56. The molecule has 8 amide bonds. The lowest BCUT2D eigenvalue weighted by molar-refractivity contribution is -0.150. The van der Waals surface area contributed by atoms with Gasteiger partial charge in [0.1, 0.15) is 12.1 Å². The summed E-state index contributed by atoms with van der Waals surface area (Å²) in [5.74, 6) is 3.61. The number of fused-ring (bicyclic) bond motifs is 8. The van der Waals surface area contributed by atoms with Gasteiger partial charge >= 0.3 is 0 Å². The van der Waals surface area contributed by atoms with Crippen LogP contribution in [0.2, 0.25) is 0 Å². The van der Waals surface area contributed by atoms with Crippen LogP contribution < -0.4 is 42.5 Å². The van der Waals surface area contributed by atoms with Crippen molar-refractivity contribution in [1.82, 2.24) is 21.3 Å². The summed E-state index contributed by atoms with van der Waals surface area (Å²) in [6.45, 7) is 16.5. The fourth-order valence-electron chi connectivity index (χ4n) is 15.5. The van der Waals surface area contributed by atoms with E-state index in [1.165, 1.54) is 5.56 Å². The first-order chi connectivity index (χ1) is 45.1. The zero-order valence-corrected chi connectivity index (χ0v) is 55.9. The predicted molar refractivity (Wildman–Crippen MR) is 359 cm³/mol. The molecular formula is C74H96N8O12. The van der Waals surface area contributed by atoms with Crippen molar-refractivity contribution in [2.45, 2.75) is 161 Å². The third-order valence-electron chi connectivity index (χ3n) is 20.6. The van der Waals surface area contributed by atoms with Crippen LogP contribution in [0.25, 0.3) is 0 Å². The number of hydrogen-bond acceptors (Lipinski definition) is 13. The molecule has 2 fully saturated rings. The molecule has 4 aromatic carbocycles. The maximum atomic E-state index is 14.9. The summed E-state index contributed by atoms with van der Waals surface area (Å²) in [6.07, 6.45) is 7.88. The standard InChI is InChI=1S/C74H96N8O12/c1-48(2)66(80-63(84)30-36-91-38-40-93-42-43-94-41-39-92-37-35-76-62(83)28-29-65(86)82-47-54-16-9-8-14-50(54)18-19-53-15-10-11-17-59(53)82)68(88)77-49(3)67(87)79-56-25-21-52-23-27-61-72(5,58(52)45-56)32-13-34-74(61,7)70(90)81-69(89)73(6)33-12-31-71(4)57-44-55(78-64(85)46-75)24-20-51(57)22-26-60(71)73/h8-11,14-17,20-21,24-25,44-45,48-49,60-61,66H,12-13,22-23,26-43,46-47,75H2,1-7H3,(H,76,83)(H,77,88)(H,78,85)(H,79,87)(H,80,84)(H,81,89,90). The summed E-state index contributed by atoms with van der Waals surface area (Å²) in [6, 6.07) is 25.4. The van der Waals surface area contributed by atoms with Crippen molar-refractivity contribution < 1.29 is 57.3 Å². The molecule has 5 aliphatic rings. The van der Waals surface area contributed by atoms with Gasteiger partial charge in [-0.25, -0.2) is 0 Å². The fraction of sp³-hybridized carbons (Fsp3) is 0.541. The van der Waals surface area contributed by atoms with Crippen molar-refractivity contribution >= 4 is 64.3 Å². The van der Waals surface area contributed by atoms with E-state index >= 15 is 0 Å². The van der Waals surface area contributed by atoms with Gasteiger partial charge in [-0.1, -0.05) is 109 Å². The van der Waals surface area contributed by atoms with Crippen molar-refractivity contribution in [3.63, 3.8) is 0 Å². The van der Waals surface area contributed by atoms with Crippen LogP contribution in [-0.2, 0) is 87.5 Å². The molecule has 0 saturated heterocycles. The molecule has 20 nitrogen and oxygen atoms in total. The molecule has 0 aromatic heterocycles. The van der Waals surface area contributed by atoms with Gasteiger partial charge in [-0.05, 0) is 157 Å². The Morgan fingerprint density at radius 2 is 1.10 bits per heavy atom. The molecule has 0 bridgehead atoms. The number of anilines is 3. The van der Waals surface area contributed by atoms with Crippen molar-refractivity contribution in [2.24, 2.45) is 34.3 Å². The second kappa shape index (κ2) is 31.6. The highest BCUT2D eigenvalue weighted by Gasteiger charge is 2.58. The van der Waals surface area contributed by atoms with Crippen molar-refractivity contribution in [2.75, 3.05) is 81.5 Å². The van der Waals surface area contributed by atoms with Gasteiger partial charge in [0.15, 0.2) is 0 Å². The lowest BCUT2D eigenvalue weighted by Crippen LogP contribution is -2.60. The lowest BCUT2D eigenvalue weighted by atomic mass is 9.49. The maximum absolute atomic E-state index is 14.9. The second-order valence-electron chi connectivity index (χ2n) is 27.3. The number of ether oxygens (including phenoxy) is 4. The van der Waals surface area contributed by atoms with Gasteiger partial charge in [0.2, 0.25) is 47.3 Å². The number of amides is 8. The Kier molecular flexibility index (Phi) is 23.7. The van der Waals surface area contributed by atoms with Gasteiger partial charge in [0, 0.05) is 48.3 Å². The predicted octanol–water partition coefficient (Wildman–Crippen LogP) is 7.83. The third-order valence-corrected chi connectivity index (χ3v) is 20.6. The number of carbonyl (C=O) groups excluding carboxylic acids is 8. The smallest absolute Gasteiger partial charge is 0.246 e. The molecule has 0 radical (unpaired) electrons. The molecule has 20 heteroatoms. The first-order valence-electron chi connectivity index (χ1n) is 33.7. The molecular weight excluding hydrogens is 1190 g/mol. The van der Waals surface area contributed by atoms with Crippen LogP contribution in [0.5, 0.6) is 0 Å². The number of para-hydroxylation sites is 1. The van der Waals surface area contributed by atoms with E-state index in [0.29, 0.717) is 63.7 Å². The minimum absolute atomic E-state index is 0.0105. The zero-order chi connectivity index (χ0) is 67.2. The molecule has 94 heavy (non-hydrogen) atoms. The van der Waals surface area contributed by atoms with Crippen LogP contribution in [0, 0.1) is 40.4 Å². The summed E-state index contributed by atoms with van der Waals surface area (Å²) in [4.78, 5) is 110. The third kappa shape index (κ3) is 16.5. The van der Waals surface area contributed by atoms with Crippen LogP contribution in [0.1, 0.15) is 158 Å². The Bertz CT molecular complexity index is 3510. The van der Waals surface area contributed by atoms with Gasteiger partial charge in [0.05, 0.1) is 82.5 Å². The molecule has 4 aromatic rings. The van der Waals surface area contributed by atoms with Crippen molar-refractivity contribution in [3.05, 3.63) is 124 Å². The number of aryl methyl sites for hydroxylation is 2. The summed E-state index contributed by atoms with van der Waals surface area (Å²) >= 11 is 0. The molecule has 1 heterocycles. The first kappa shape index (κ1) is 70.5. The Balaban J connectivity index is 0.641. The van der Waals surface area contributed by atoms with E-state index < -0.39 is 40.1 Å². The number of nitrogens with zero attached hydrogens (tertiary/aromatic N) is 1. The van der Waals surface area contributed by atoms with Crippen LogP contribution in [0.15, 0.2) is 84.9 Å². The highest BCUT2D eigenvalue weighted by atomic mass is 16.6. The van der Waals surface area contributed by atoms with Gasteiger partial charge < -0.3 is 56.2 Å². The van der Waals surface area contributed by atoms with Crippen molar-refractivity contribution in [3.8, 4) is 11.8 Å². The number of imide groups is 1. The van der Waals surface area contributed by atoms with Gasteiger partial charge in [-0.2, -0.15) is 0 Å². The minimum Gasteiger partial charge on any atom is -0.379 e. The quantitative estimate of drug-likeness (QED) is 0.0162. The molecule has 9 rings (SSSR count).